The van der Waals surface area contributed by atoms with Crippen LogP contribution in [0.5, 0.6) is 0 Å². The Labute approximate surface area is 118 Å². The van der Waals surface area contributed by atoms with Gasteiger partial charge in [-0.15, -0.1) is 0 Å². The van der Waals surface area contributed by atoms with Crippen molar-refractivity contribution < 1.29 is 8.42 Å². The van der Waals surface area contributed by atoms with Crippen LogP contribution in [0.15, 0.2) is 0 Å². The number of hydrogen-bond donors (Lipinski definition) is 1. The topological polar surface area (TPSA) is 49.4 Å². The number of hydrogen-bond acceptors (Lipinski definition) is 4. The van der Waals surface area contributed by atoms with Crippen LogP contribution in [0, 0.1) is 0 Å². The predicted octanol–water partition coefficient (Wildman–Crippen LogP) is 1.66. The highest BCUT2D eigenvalue weighted by Crippen LogP contribution is 2.20. The number of rotatable bonds is 6. The Balaban J connectivity index is 2.62. The number of sulfone groups is 1. The summed E-state index contributed by atoms with van der Waals surface area (Å²) >= 11 is 0. The van der Waals surface area contributed by atoms with Crippen LogP contribution in [0.1, 0.15) is 47.5 Å². The fourth-order valence-corrected chi connectivity index (χ4v) is 3.44. The molecule has 5 heteroatoms. The van der Waals surface area contributed by atoms with E-state index in [4.69, 9.17) is 0 Å². The monoisotopic (exact) mass is 290 g/mol. The van der Waals surface area contributed by atoms with Crippen LogP contribution in [0.3, 0.4) is 0 Å². The van der Waals surface area contributed by atoms with Gasteiger partial charge in [0.05, 0.1) is 11.0 Å². The van der Waals surface area contributed by atoms with Crippen LogP contribution in [-0.2, 0) is 9.84 Å². The molecular formula is C14H30N2O2S. The zero-order valence-electron chi connectivity index (χ0n) is 13.1. The Hall–Kier alpha value is -0.130. The van der Waals surface area contributed by atoms with Crippen molar-refractivity contribution in [2.75, 3.05) is 25.4 Å². The normalized spacial score (nSPS) is 24.8. The van der Waals surface area contributed by atoms with E-state index in [1.165, 1.54) is 0 Å². The predicted molar refractivity (Wildman–Crippen MR) is 81.3 cm³/mol. The molecule has 0 spiro atoms. The van der Waals surface area contributed by atoms with Crippen molar-refractivity contribution in [3.8, 4) is 0 Å². The summed E-state index contributed by atoms with van der Waals surface area (Å²) in [5, 5.41) is 3.30. The molecule has 1 N–H and O–H groups in total. The molecule has 0 bridgehead atoms. The highest BCUT2D eigenvalue weighted by molar-refractivity contribution is 7.92. The molecule has 1 aliphatic heterocycles. The molecule has 114 valence electrons. The zero-order valence-corrected chi connectivity index (χ0v) is 13.9. The molecule has 0 radical (unpaired) electrons. The number of nitrogens with one attached hydrogen (secondary N) is 1. The van der Waals surface area contributed by atoms with Crippen molar-refractivity contribution in [1.82, 2.24) is 10.2 Å². The Morgan fingerprint density at radius 2 is 2.00 bits per heavy atom. The fourth-order valence-electron chi connectivity index (χ4n) is 2.49. The molecule has 1 unspecified atom stereocenters. The summed E-state index contributed by atoms with van der Waals surface area (Å²) in [5.41, 5.74) is 0.0384. The van der Waals surface area contributed by atoms with Crippen LogP contribution >= 0.6 is 0 Å². The average Bonchev–Trinajstić information content (AvgIpc) is 2.30. The molecule has 1 aliphatic rings. The molecule has 0 amide bonds. The van der Waals surface area contributed by atoms with Crippen molar-refractivity contribution in [2.24, 2.45) is 0 Å². The summed E-state index contributed by atoms with van der Waals surface area (Å²) in [4.78, 5) is 2.34. The largest absolute Gasteiger partial charge is 0.311 e. The maximum absolute atomic E-state index is 11.9. The standard InChI is InChI=1S/C14H30N2O2S/c1-6-7-13-10-16(14(4,5)11-15-13)8-9-19(17,18)12(2)3/h12-13,15H,6-11H2,1-5H3. The van der Waals surface area contributed by atoms with Crippen molar-refractivity contribution in [3.05, 3.63) is 0 Å². The summed E-state index contributed by atoms with van der Waals surface area (Å²) < 4.78 is 23.9. The van der Waals surface area contributed by atoms with Crippen molar-refractivity contribution in [3.63, 3.8) is 0 Å². The van der Waals surface area contributed by atoms with Gasteiger partial charge in [-0.1, -0.05) is 13.3 Å². The highest BCUT2D eigenvalue weighted by Gasteiger charge is 2.34. The first-order valence-electron chi connectivity index (χ1n) is 7.39. The Kier molecular flexibility index (Phi) is 5.83. The van der Waals surface area contributed by atoms with Gasteiger partial charge in [0.2, 0.25) is 0 Å². The summed E-state index contributed by atoms with van der Waals surface area (Å²) in [6, 6.07) is 0.500. The van der Waals surface area contributed by atoms with Crippen LogP contribution in [0.25, 0.3) is 0 Å². The minimum Gasteiger partial charge on any atom is -0.311 e. The van der Waals surface area contributed by atoms with Crippen molar-refractivity contribution in [1.29, 1.82) is 0 Å². The van der Waals surface area contributed by atoms with Gasteiger partial charge in [-0.05, 0) is 34.1 Å². The van der Waals surface area contributed by atoms with E-state index >= 15 is 0 Å². The first-order valence-corrected chi connectivity index (χ1v) is 9.10. The van der Waals surface area contributed by atoms with Gasteiger partial charge in [-0.2, -0.15) is 0 Å². The zero-order chi connectivity index (χ0) is 14.7. The first kappa shape index (κ1) is 16.9. The van der Waals surface area contributed by atoms with E-state index in [-0.39, 0.29) is 16.5 Å². The van der Waals surface area contributed by atoms with E-state index in [2.05, 4.69) is 31.0 Å². The maximum atomic E-state index is 11.9. The summed E-state index contributed by atoms with van der Waals surface area (Å²) in [7, 11) is -2.94. The van der Waals surface area contributed by atoms with E-state index in [9.17, 15) is 8.42 Å². The SMILES string of the molecule is CCCC1CN(CCS(=O)(=O)C(C)C)C(C)(C)CN1. The molecule has 19 heavy (non-hydrogen) atoms. The van der Waals surface area contributed by atoms with E-state index in [1.54, 1.807) is 13.8 Å². The molecule has 0 aromatic carbocycles. The van der Waals surface area contributed by atoms with Gasteiger partial charge < -0.3 is 5.32 Å². The lowest BCUT2D eigenvalue weighted by atomic mass is 9.96. The van der Waals surface area contributed by atoms with Crippen LogP contribution in [0.2, 0.25) is 0 Å². The van der Waals surface area contributed by atoms with Crippen LogP contribution in [0.4, 0.5) is 0 Å². The molecule has 1 saturated heterocycles. The molecule has 1 heterocycles. The minimum atomic E-state index is -2.94. The Bertz CT molecular complexity index is 377. The molecule has 0 aromatic heterocycles. The molecule has 1 fully saturated rings. The van der Waals surface area contributed by atoms with Gasteiger partial charge in [0.1, 0.15) is 0 Å². The van der Waals surface area contributed by atoms with E-state index < -0.39 is 9.84 Å². The Morgan fingerprint density at radius 3 is 2.53 bits per heavy atom. The third-order valence-corrected chi connectivity index (χ3v) is 6.31. The van der Waals surface area contributed by atoms with Gasteiger partial charge in [0, 0.05) is 31.2 Å². The summed E-state index contributed by atoms with van der Waals surface area (Å²) in [5.74, 6) is 0.271. The van der Waals surface area contributed by atoms with Gasteiger partial charge in [0.15, 0.2) is 9.84 Å². The summed E-state index contributed by atoms with van der Waals surface area (Å²) in [6.45, 7) is 12.6. The van der Waals surface area contributed by atoms with Crippen molar-refractivity contribution in [2.45, 2.75) is 64.3 Å². The van der Waals surface area contributed by atoms with Gasteiger partial charge >= 0.3 is 0 Å². The first-order chi connectivity index (χ1) is 8.69. The third-order valence-electron chi connectivity index (χ3n) is 4.12. The molecule has 1 atom stereocenters. The fraction of sp³-hybridized carbons (Fsp3) is 1.00. The second-order valence-corrected chi connectivity index (χ2v) is 9.22. The maximum Gasteiger partial charge on any atom is 0.153 e. The average molecular weight is 290 g/mol. The van der Waals surface area contributed by atoms with E-state index in [1.807, 2.05) is 0 Å². The number of nitrogens with zero attached hydrogens (tertiary/aromatic N) is 1. The smallest absolute Gasteiger partial charge is 0.153 e. The molecule has 0 aliphatic carbocycles. The van der Waals surface area contributed by atoms with Gasteiger partial charge in [-0.3, -0.25) is 4.90 Å². The van der Waals surface area contributed by atoms with Crippen LogP contribution in [-0.4, -0.2) is 55.5 Å². The van der Waals surface area contributed by atoms with E-state index in [0.29, 0.717) is 12.6 Å². The molecular weight excluding hydrogens is 260 g/mol. The Morgan fingerprint density at radius 1 is 1.37 bits per heavy atom. The molecule has 4 nitrogen and oxygen atoms in total. The number of piperazine rings is 1. The lowest BCUT2D eigenvalue weighted by Gasteiger charge is -2.46. The molecule has 0 saturated carbocycles. The second-order valence-electron chi connectivity index (χ2n) is 6.54. The highest BCUT2D eigenvalue weighted by atomic mass is 32.2. The third kappa shape index (κ3) is 4.72. The quantitative estimate of drug-likeness (QED) is 0.808. The lowest BCUT2D eigenvalue weighted by Crippen LogP contribution is -2.62. The van der Waals surface area contributed by atoms with Crippen molar-refractivity contribution >= 4 is 9.84 Å². The molecule has 1 rings (SSSR count). The summed E-state index contributed by atoms with van der Waals surface area (Å²) in [6.07, 6.45) is 2.32. The van der Waals surface area contributed by atoms with Gasteiger partial charge in [-0.25, -0.2) is 8.42 Å². The van der Waals surface area contributed by atoms with E-state index in [0.717, 1.165) is 25.9 Å². The lowest BCUT2D eigenvalue weighted by molar-refractivity contribution is 0.0702. The second kappa shape index (κ2) is 6.55. The molecule has 0 aromatic rings. The van der Waals surface area contributed by atoms with Crippen LogP contribution < -0.4 is 5.32 Å². The minimum absolute atomic E-state index is 0.0384. The van der Waals surface area contributed by atoms with Gasteiger partial charge in [0.25, 0.3) is 0 Å².